The van der Waals surface area contributed by atoms with E-state index in [0.29, 0.717) is 6.61 Å². The number of hydrogen-bond donors (Lipinski definition) is 0. The Morgan fingerprint density at radius 1 is 1.16 bits per heavy atom. The number of pyridine rings is 2. The third kappa shape index (κ3) is 4.80. The summed E-state index contributed by atoms with van der Waals surface area (Å²) in [5.41, 5.74) is 3.30. The van der Waals surface area contributed by atoms with Crippen LogP contribution in [0.5, 0.6) is 0 Å². The molecule has 4 heterocycles. The Labute approximate surface area is 196 Å². The lowest BCUT2D eigenvalue weighted by Gasteiger charge is -2.41. The first-order chi connectivity index (χ1) is 15.4. The van der Waals surface area contributed by atoms with Gasteiger partial charge in [-0.1, -0.05) is 18.2 Å². The normalized spacial score (nSPS) is 20.5. The van der Waals surface area contributed by atoms with Crippen LogP contribution in [0.1, 0.15) is 61.5 Å². The molecule has 2 atom stereocenters. The van der Waals surface area contributed by atoms with Crippen LogP contribution in [0.4, 0.5) is 0 Å². The zero-order valence-corrected chi connectivity index (χ0v) is 20.6. The second kappa shape index (κ2) is 9.82. The van der Waals surface area contributed by atoms with Gasteiger partial charge in [0.25, 0.3) is 0 Å². The molecule has 32 heavy (non-hydrogen) atoms. The number of likely N-dealkylation sites (tertiary alicyclic amines) is 1. The molecule has 1 aliphatic heterocycles. The highest BCUT2D eigenvalue weighted by atomic mass is 32.1. The molecule has 3 aromatic rings. The van der Waals surface area contributed by atoms with Crippen molar-refractivity contribution in [2.45, 2.75) is 58.6 Å². The van der Waals surface area contributed by atoms with Crippen LogP contribution >= 0.6 is 11.3 Å². The van der Waals surface area contributed by atoms with Crippen molar-refractivity contribution in [3.8, 4) is 0 Å². The quantitative estimate of drug-likeness (QED) is 0.391. The molecule has 4 nitrogen and oxygen atoms in total. The lowest BCUT2D eigenvalue weighted by atomic mass is 9.75. The summed E-state index contributed by atoms with van der Waals surface area (Å²) in [6.45, 7) is 11.5. The standard InChI is InChI=1S/C27H35N3OS/c1-5-31-25(24-10-6-7-16-28-24)27(14-13-23-9-8-18-32-23)15-17-30(20-27)26(3,4)22-12-11-21(2)29-19-22/h6-12,16,18-19,25H,5,13-15,17,20H2,1-4H3. The summed E-state index contributed by atoms with van der Waals surface area (Å²) >= 11 is 1.85. The van der Waals surface area contributed by atoms with Gasteiger partial charge in [0.05, 0.1) is 5.69 Å². The molecule has 4 rings (SSSR count). The second-order valence-electron chi connectivity index (χ2n) is 9.45. The third-order valence-corrected chi connectivity index (χ3v) is 8.03. The van der Waals surface area contributed by atoms with Gasteiger partial charge in [0.2, 0.25) is 0 Å². The van der Waals surface area contributed by atoms with Crippen molar-refractivity contribution in [2.75, 3.05) is 19.7 Å². The smallest absolute Gasteiger partial charge is 0.106 e. The van der Waals surface area contributed by atoms with E-state index in [9.17, 15) is 0 Å². The number of aromatic nitrogens is 2. The summed E-state index contributed by atoms with van der Waals surface area (Å²) < 4.78 is 6.47. The first-order valence-corrected chi connectivity index (χ1v) is 12.6. The molecule has 0 N–H and O–H groups in total. The van der Waals surface area contributed by atoms with Crippen molar-refractivity contribution in [1.82, 2.24) is 14.9 Å². The van der Waals surface area contributed by atoms with Crippen LogP contribution < -0.4 is 0 Å². The van der Waals surface area contributed by atoms with E-state index in [1.165, 1.54) is 10.4 Å². The molecule has 1 aliphatic rings. The molecule has 2 unspecified atom stereocenters. The number of thiophene rings is 1. The molecule has 0 saturated carbocycles. The Bertz CT molecular complexity index is 972. The summed E-state index contributed by atoms with van der Waals surface area (Å²) in [7, 11) is 0. The molecule has 0 amide bonds. The number of ether oxygens (including phenoxy) is 1. The highest BCUT2D eigenvalue weighted by molar-refractivity contribution is 7.09. The SMILES string of the molecule is CCOC(c1ccccn1)C1(CCc2cccs2)CCN(C(C)(C)c2ccc(C)nc2)C1. The van der Waals surface area contributed by atoms with E-state index in [1.807, 2.05) is 36.7 Å². The summed E-state index contributed by atoms with van der Waals surface area (Å²) in [5, 5.41) is 2.18. The van der Waals surface area contributed by atoms with Gasteiger partial charge in [-0.05, 0) is 88.7 Å². The topological polar surface area (TPSA) is 38.2 Å². The Morgan fingerprint density at radius 2 is 2.03 bits per heavy atom. The van der Waals surface area contributed by atoms with Gasteiger partial charge in [0.1, 0.15) is 6.10 Å². The molecule has 0 aromatic carbocycles. The lowest BCUT2D eigenvalue weighted by Crippen LogP contribution is -2.43. The monoisotopic (exact) mass is 449 g/mol. The van der Waals surface area contributed by atoms with Gasteiger partial charge < -0.3 is 4.74 Å². The van der Waals surface area contributed by atoms with Crippen molar-refractivity contribution < 1.29 is 4.74 Å². The number of aryl methyl sites for hydroxylation is 2. The maximum atomic E-state index is 6.47. The Kier molecular flexibility index (Phi) is 7.08. The predicted octanol–water partition coefficient (Wildman–Crippen LogP) is 6.18. The van der Waals surface area contributed by atoms with Crippen LogP contribution in [0, 0.1) is 12.3 Å². The largest absolute Gasteiger partial charge is 0.372 e. The fraction of sp³-hybridized carbons (Fsp3) is 0.481. The lowest BCUT2D eigenvalue weighted by molar-refractivity contribution is -0.0460. The Morgan fingerprint density at radius 3 is 2.69 bits per heavy atom. The van der Waals surface area contributed by atoms with Crippen molar-refractivity contribution in [3.05, 3.63) is 82.1 Å². The number of rotatable bonds is 9. The van der Waals surface area contributed by atoms with Crippen LogP contribution in [-0.2, 0) is 16.7 Å². The molecular weight excluding hydrogens is 414 g/mol. The van der Waals surface area contributed by atoms with Gasteiger partial charge in [-0.15, -0.1) is 11.3 Å². The first-order valence-electron chi connectivity index (χ1n) is 11.7. The predicted molar refractivity (Wildman–Crippen MR) is 132 cm³/mol. The van der Waals surface area contributed by atoms with Gasteiger partial charge in [-0.25, -0.2) is 0 Å². The van der Waals surface area contributed by atoms with Gasteiger partial charge in [0, 0.05) is 47.1 Å². The molecule has 1 fully saturated rings. The zero-order valence-electron chi connectivity index (χ0n) is 19.8. The minimum atomic E-state index is -0.0910. The van der Waals surface area contributed by atoms with Gasteiger partial charge in [-0.3, -0.25) is 14.9 Å². The Hall–Kier alpha value is -2.08. The molecule has 0 spiro atoms. The highest BCUT2D eigenvalue weighted by Crippen LogP contribution is 2.50. The summed E-state index contributed by atoms with van der Waals surface area (Å²) in [4.78, 5) is 13.4. The minimum absolute atomic E-state index is 0.00870. The maximum Gasteiger partial charge on any atom is 0.106 e. The van der Waals surface area contributed by atoms with Crippen LogP contribution in [0.25, 0.3) is 0 Å². The summed E-state index contributed by atoms with van der Waals surface area (Å²) in [5.74, 6) is 0. The van der Waals surface area contributed by atoms with E-state index in [-0.39, 0.29) is 17.1 Å². The average molecular weight is 450 g/mol. The van der Waals surface area contributed by atoms with Gasteiger partial charge in [0.15, 0.2) is 0 Å². The number of hydrogen-bond acceptors (Lipinski definition) is 5. The van der Waals surface area contributed by atoms with Crippen molar-refractivity contribution in [3.63, 3.8) is 0 Å². The van der Waals surface area contributed by atoms with Crippen molar-refractivity contribution in [2.24, 2.45) is 5.41 Å². The van der Waals surface area contributed by atoms with Crippen molar-refractivity contribution in [1.29, 1.82) is 0 Å². The van der Waals surface area contributed by atoms with E-state index in [0.717, 1.165) is 43.7 Å². The van der Waals surface area contributed by atoms with Crippen LogP contribution in [-0.4, -0.2) is 34.6 Å². The minimum Gasteiger partial charge on any atom is -0.372 e. The molecule has 170 valence electrons. The fourth-order valence-corrected chi connectivity index (χ4v) is 5.74. The van der Waals surface area contributed by atoms with Crippen LogP contribution in [0.3, 0.4) is 0 Å². The number of nitrogens with zero attached hydrogens (tertiary/aromatic N) is 3. The summed E-state index contributed by atoms with van der Waals surface area (Å²) in [6, 6.07) is 14.9. The van der Waals surface area contributed by atoms with E-state index in [2.05, 4.69) is 72.4 Å². The average Bonchev–Trinajstić information content (AvgIpc) is 3.48. The van der Waals surface area contributed by atoms with Crippen LogP contribution in [0.15, 0.2) is 60.2 Å². The second-order valence-corrected chi connectivity index (χ2v) is 10.5. The van der Waals surface area contributed by atoms with E-state index < -0.39 is 0 Å². The maximum absolute atomic E-state index is 6.47. The van der Waals surface area contributed by atoms with E-state index >= 15 is 0 Å². The molecule has 0 radical (unpaired) electrons. The molecule has 1 saturated heterocycles. The van der Waals surface area contributed by atoms with Crippen molar-refractivity contribution >= 4 is 11.3 Å². The molecular formula is C27H35N3OS. The molecule has 0 bridgehead atoms. The summed E-state index contributed by atoms with van der Waals surface area (Å²) in [6.07, 6.45) is 7.19. The molecule has 5 heteroatoms. The van der Waals surface area contributed by atoms with Gasteiger partial charge in [-0.2, -0.15) is 0 Å². The highest BCUT2D eigenvalue weighted by Gasteiger charge is 2.49. The van der Waals surface area contributed by atoms with Gasteiger partial charge >= 0.3 is 0 Å². The molecule has 3 aromatic heterocycles. The Balaban J connectivity index is 1.65. The van der Waals surface area contributed by atoms with E-state index in [4.69, 9.17) is 9.72 Å². The third-order valence-electron chi connectivity index (χ3n) is 7.09. The molecule has 0 aliphatic carbocycles. The van der Waals surface area contributed by atoms with Crippen LogP contribution in [0.2, 0.25) is 0 Å². The zero-order chi connectivity index (χ0) is 22.6. The first kappa shape index (κ1) is 23.1. The van der Waals surface area contributed by atoms with E-state index in [1.54, 1.807) is 0 Å². The fourth-order valence-electron chi connectivity index (χ4n) is 5.04.